The Bertz CT molecular complexity index is 816. The molecule has 1 aromatic rings. The van der Waals surface area contributed by atoms with Crippen molar-refractivity contribution in [3.63, 3.8) is 0 Å². The molecule has 10 atom stereocenters. The molecule has 3 N–H and O–H groups in total. The van der Waals surface area contributed by atoms with Gasteiger partial charge in [0.1, 0.15) is 5.76 Å². The van der Waals surface area contributed by atoms with Crippen LogP contribution in [0.5, 0.6) is 0 Å². The first kappa shape index (κ1) is 19.9. The van der Waals surface area contributed by atoms with E-state index in [1.54, 1.807) is 6.07 Å². The standard InChI is InChI=1S/C24H37NO4/c1-4-14-18-11-13(26)7-9-24(18,3)17-8-10-23(2)15(19-12-20(27)25-29-19)5-6-16(23)21(17)22(14)28/h12-18,21-22,26,28H,4-11H2,1-3H3,(H,25,27)/t13-,14-,15-,16?,17?,18+,21+,22-,23-,24-/m1/s1. The molecule has 0 bridgehead atoms. The Morgan fingerprint density at radius 2 is 1.79 bits per heavy atom. The molecule has 5 nitrogen and oxygen atoms in total. The van der Waals surface area contributed by atoms with Crippen LogP contribution in [0.15, 0.2) is 15.4 Å². The van der Waals surface area contributed by atoms with Crippen LogP contribution in [0.4, 0.5) is 0 Å². The largest absolute Gasteiger partial charge is 0.393 e. The number of rotatable bonds is 2. The summed E-state index contributed by atoms with van der Waals surface area (Å²) in [5, 5.41) is 24.5. The Morgan fingerprint density at radius 1 is 1.07 bits per heavy atom. The summed E-state index contributed by atoms with van der Waals surface area (Å²) in [5.41, 5.74) is 0.153. The van der Waals surface area contributed by atoms with Crippen molar-refractivity contribution in [1.29, 1.82) is 0 Å². The van der Waals surface area contributed by atoms with Crippen LogP contribution in [-0.4, -0.2) is 27.6 Å². The average Bonchev–Trinajstić information content (AvgIpc) is 3.26. The molecule has 0 amide bonds. The summed E-state index contributed by atoms with van der Waals surface area (Å²) >= 11 is 0. The number of hydrogen-bond donors (Lipinski definition) is 3. The van der Waals surface area contributed by atoms with Crippen LogP contribution in [0, 0.1) is 40.4 Å². The molecule has 2 unspecified atom stereocenters. The number of fused-ring (bicyclic) bond motifs is 5. The molecule has 0 saturated heterocycles. The number of aromatic amines is 1. The molecule has 1 aromatic heterocycles. The molecule has 4 aliphatic rings. The van der Waals surface area contributed by atoms with E-state index < -0.39 is 0 Å². The van der Waals surface area contributed by atoms with Gasteiger partial charge in [-0.15, -0.1) is 0 Å². The van der Waals surface area contributed by atoms with Crippen molar-refractivity contribution in [1.82, 2.24) is 5.16 Å². The minimum atomic E-state index is -0.282. The molecule has 5 heteroatoms. The first-order valence-electron chi connectivity index (χ1n) is 11.8. The van der Waals surface area contributed by atoms with Gasteiger partial charge >= 0.3 is 0 Å². The second-order valence-electron chi connectivity index (χ2n) is 11.2. The van der Waals surface area contributed by atoms with Gasteiger partial charge in [0, 0.05) is 12.0 Å². The first-order valence-corrected chi connectivity index (χ1v) is 11.8. The molecule has 0 radical (unpaired) electrons. The van der Waals surface area contributed by atoms with E-state index in [-0.39, 0.29) is 40.4 Å². The second-order valence-corrected chi connectivity index (χ2v) is 11.2. The third-order valence-corrected chi connectivity index (χ3v) is 10.3. The summed E-state index contributed by atoms with van der Waals surface area (Å²) in [6.07, 6.45) is 7.76. The number of H-pyrrole nitrogens is 1. The zero-order valence-corrected chi connectivity index (χ0v) is 18.1. The number of aliphatic hydroxyl groups is 2. The fourth-order valence-electron chi connectivity index (χ4n) is 8.89. The molecular weight excluding hydrogens is 366 g/mol. The summed E-state index contributed by atoms with van der Waals surface area (Å²) in [5.74, 6) is 3.11. The van der Waals surface area contributed by atoms with E-state index >= 15 is 0 Å². The lowest BCUT2D eigenvalue weighted by Gasteiger charge is -2.64. The molecule has 4 fully saturated rings. The molecule has 0 spiro atoms. The number of nitrogens with one attached hydrogen (secondary N) is 1. The van der Waals surface area contributed by atoms with Gasteiger partial charge in [-0.3, -0.25) is 4.79 Å². The van der Waals surface area contributed by atoms with Crippen LogP contribution in [0.25, 0.3) is 0 Å². The van der Waals surface area contributed by atoms with E-state index in [4.69, 9.17) is 4.52 Å². The van der Waals surface area contributed by atoms with Gasteiger partial charge in [-0.05, 0) is 85.4 Å². The molecular formula is C24H37NO4. The Kier molecular flexibility index (Phi) is 4.60. The summed E-state index contributed by atoms with van der Waals surface area (Å²) in [7, 11) is 0. The van der Waals surface area contributed by atoms with Crippen LogP contribution < -0.4 is 5.56 Å². The number of aliphatic hydroxyl groups excluding tert-OH is 2. The minimum absolute atomic E-state index is 0.0793. The second kappa shape index (κ2) is 6.71. The van der Waals surface area contributed by atoms with Gasteiger partial charge in [0.05, 0.1) is 12.2 Å². The summed E-state index contributed by atoms with van der Waals surface area (Å²) < 4.78 is 5.56. The molecule has 162 valence electrons. The number of aromatic nitrogens is 1. The van der Waals surface area contributed by atoms with Crippen molar-refractivity contribution in [3.8, 4) is 0 Å². The third-order valence-electron chi connectivity index (χ3n) is 10.3. The van der Waals surface area contributed by atoms with Gasteiger partial charge in [0.25, 0.3) is 5.56 Å². The van der Waals surface area contributed by atoms with E-state index in [1.165, 1.54) is 0 Å². The molecule has 4 saturated carbocycles. The van der Waals surface area contributed by atoms with Gasteiger partial charge in [-0.2, -0.15) is 5.16 Å². The van der Waals surface area contributed by atoms with Crippen molar-refractivity contribution >= 4 is 0 Å². The van der Waals surface area contributed by atoms with Crippen molar-refractivity contribution < 1.29 is 14.7 Å². The fraction of sp³-hybridized carbons (Fsp3) is 0.875. The number of hydrogen-bond acceptors (Lipinski definition) is 4. The maximum Gasteiger partial charge on any atom is 0.280 e. The highest BCUT2D eigenvalue weighted by Crippen LogP contribution is 2.70. The Morgan fingerprint density at radius 3 is 2.48 bits per heavy atom. The highest BCUT2D eigenvalue weighted by atomic mass is 16.5. The summed E-state index contributed by atoms with van der Waals surface area (Å²) in [4.78, 5) is 11.7. The normalized spacial score (nSPS) is 51.9. The van der Waals surface area contributed by atoms with E-state index in [1.807, 2.05) is 0 Å². The molecule has 5 rings (SSSR count). The maximum atomic E-state index is 11.7. The lowest BCUT2D eigenvalue weighted by Crippen LogP contribution is -2.62. The fourth-order valence-corrected chi connectivity index (χ4v) is 8.89. The van der Waals surface area contributed by atoms with Gasteiger partial charge in [-0.25, -0.2) is 0 Å². The third kappa shape index (κ3) is 2.69. The summed E-state index contributed by atoms with van der Waals surface area (Å²) in [6.45, 7) is 7.06. The average molecular weight is 404 g/mol. The van der Waals surface area contributed by atoms with E-state index in [0.29, 0.717) is 23.7 Å². The van der Waals surface area contributed by atoms with Crippen LogP contribution in [0.3, 0.4) is 0 Å². The lowest BCUT2D eigenvalue weighted by atomic mass is 9.41. The van der Waals surface area contributed by atoms with E-state index in [9.17, 15) is 15.0 Å². The van der Waals surface area contributed by atoms with Crippen LogP contribution in [0.1, 0.15) is 83.8 Å². The predicted octanol–water partition coefficient (Wildman–Crippen LogP) is 4.06. The van der Waals surface area contributed by atoms with Crippen LogP contribution >= 0.6 is 0 Å². The van der Waals surface area contributed by atoms with Crippen LogP contribution in [0.2, 0.25) is 0 Å². The Hall–Kier alpha value is -1.07. The highest BCUT2D eigenvalue weighted by molar-refractivity contribution is 5.19. The van der Waals surface area contributed by atoms with Crippen molar-refractivity contribution in [2.75, 3.05) is 0 Å². The van der Waals surface area contributed by atoms with Gasteiger partial charge in [-0.1, -0.05) is 27.2 Å². The maximum absolute atomic E-state index is 11.7. The van der Waals surface area contributed by atoms with Crippen molar-refractivity contribution in [3.05, 3.63) is 22.2 Å². The highest BCUT2D eigenvalue weighted by Gasteiger charge is 2.65. The van der Waals surface area contributed by atoms with E-state index in [0.717, 1.165) is 57.1 Å². The first-order chi connectivity index (χ1) is 13.8. The molecule has 1 heterocycles. The molecule has 4 aliphatic carbocycles. The van der Waals surface area contributed by atoms with Gasteiger partial charge in [0.15, 0.2) is 0 Å². The molecule has 0 aromatic carbocycles. The summed E-state index contributed by atoms with van der Waals surface area (Å²) in [6, 6.07) is 1.64. The Balaban J connectivity index is 1.52. The lowest BCUT2D eigenvalue weighted by molar-refractivity contribution is -0.200. The monoisotopic (exact) mass is 403 g/mol. The minimum Gasteiger partial charge on any atom is -0.393 e. The quantitative estimate of drug-likeness (QED) is 0.695. The van der Waals surface area contributed by atoms with E-state index in [2.05, 4.69) is 25.9 Å². The molecule has 0 aliphatic heterocycles. The van der Waals surface area contributed by atoms with Crippen molar-refractivity contribution in [2.24, 2.45) is 40.4 Å². The predicted molar refractivity (Wildman–Crippen MR) is 110 cm³/mol. The van der Waals surface area contributed by atoms with Crippen molar-refractivity contribution in [2.45, 2.75) is 90.3 Å². The van der Waals surface area contributed by atoms with Crippen LogP contribution in [-0.2, 0) is 0 Å². The van der Waals surface area contributed by atoms with Gasteiger partial charge < -0.3 is 14.7 Å². The smallest absolute Gasteiger partial charge is 0.280 e. The molecule has 29 heavy (non-hydrogen) atoms. The zero-order valence-electron chi connectivity index (χ0n) is 18.1. The SMILES string of the molecule is CC[C@H]1[C@@H](O)[C@H]2C3CC[C@H](c4cc(=O)[nH]o4)[C@@]3(C)CCC2[C@@]2(C)CC[C@@H](O)C[C@@H]12. The Labute approximate surface area is 173 Å². The topological polar surface area (TPSA) is 86.5 Å². The van der Waals surface area contributed by atoms with Gasteiger partial charge in [0.2, 0.25) is 0 Å². The zero-order chi connectivity index (χ0) is 20.6.